The predicted octanol–water partition coefficient (Wildman–Crippen LogP) is 5.55. The summed E-state index contributed by atoms with van der Waals surface area (Å²) < 4.78 is 11.7. The van der Waals surface area contributed by atoms with Gasteiger partial charge < -0.3 is 14.1 Å². The van der Waals surface area contributed by atoms with Crippen LogP contribution >= 0.6 is 0 Å². The summed E-state index contributed by atoms with van der Waals surface area (Å²) in [7, 11) is 0. The summed E-state index contributed by atoms with van der Waals surface area (Å²) in [6, 6.07) is 23.6. The van der Waals surface area contributed by atoms with E-state index in [9.17, 15) is 4.79 Å². The lowest BCUT2D eigenvalue weighted by Crippen LogP contribution is -2.34. The van der Waals surface area contributed by atoms with Crippen LogP contribution in [-0.2, 0) is 4.79 Å². The molecule has 1 fully saturated rings. The van der Waals surface area contributed by atoms with Gasteiger partial charge in [0.2, 0.25) is 5.89 Å². The number of oxazole rings is 1. The molecule has 0 radical (unpaired) electrons. The topological polar surface area (TPSA) is 55.6 Å². The van der Waals surface area contributed by atoms with Crippen LogP contribution < -0.4 is 4.74 Å². The predicted molar refractivity (Wildman–Crippen MR) is 120 cm³/mol. The van der Waals surface area contributed by atoms with Crippen molar-refractivity contribution in [3.8, 4) is 16.9 Å². The van der Waals surface area contributed by atoms with E-state index in [-0.39, 0.29) is 18.6 Å². The highest BCUT2D eigenvalue weighted by molar-refractivity contribution is 5.82. The zero-order chi connectivity index (χ0) is 21.2. The third-order valence-electron chi connectivity index (χ3n) is 5.82. The van der Waals surface area contributed by atoms with Crippen LogP contribution in [0.2, 0.25) is 0 Å². The third-order valence-corrected chi connectivity index (χ3v) is 5.82. The molecule has 1 aliphatic heterocycles. The van der Waals surface area contributed by atoms with Crippen molar-refractivity contribution in [2.24, 2.45) is 0 Å². The number of aromatic nitrogens is 1. The Kier molecular flexibility index (Phi) is 5.16. The maximum atomic E-state index is 12.8. The van der Waals surface area contributed by atoms with Gasteiger partial charge in [0.1, 0.15) is 17.3 Å². The Morgan fingerprint density at radius 2 is 1.90 bits per heavy atom. The smallest absolute Gasteiger partial charge is 0.261 e. The number of benzene rings is 3. The molecule has 5 heteroatoms. The standard InChI is InChI=1S/C26H24N2O3/c1-18-8-5-6-11-21(18)19-13-14-24-22(16-19)27-26(31-24)23-12-7-15-28(23)25(29)17-30-20-9-3-2-4-10-20/h2-6,8-11,13-14,16,23H,7,12,15,17H2,1H3. The molecular formula is C26H24N2O3. The molecule has 3 aromatic carbocycles. The van der Waals surface area contributed by atoms with Crippen LogP contribution in [0.3, 0.4) is 0 Å². The number of para-hydroxylation sites is 1. The van der Waals surface area contributed by atoms with Crippen LogP contribution in [-0.4, -0.2) is 28.9 Å². The molecule has 1 amide bonds. The molecule has 1 atom stereocenters. The van der Waals surface area contributed by atoms with Crippen LogP contribution in [0.4, 0.5) is 0 Å². The molecule has 5 nitrogen and oxygen atoms in total. The quantitative estimate of drug-likeness (QED) is 0.431. The van der Waals surface area contributed by atoms with Crippen molar-refractivity contribution in [3.05, 3.63) is 84.3 Å². The van der Waals surface area contributed by atoms with Gasteiger partial charge in [0.05, 0.1) is 0 Å². The number of hydrogen-bond acceptors (Lipinski definition) is 4. The highest BCUT2D eigenvalue weighted by Gasteiger charge is 2.33. The van der Waals surface area contributed by atoms with Crippen molar-refractivity contribution in [1.82, 2.24) is 9.88 Å². The van der Waals surface area contributed by atoms with E-state index in [2.05, 4.69) is 31.2 Å². The van der Waals surface area contributed by atoms with E-state index in [1.807, 2.05) is 53.4 Å². The van der Waals surface area contributed by atoms with Gasteiger partial charge in [-0.25, -0.2) is 4.98 Å². The number of hydrogen-bond donors (Lipinski definition) is 0. The van der Waals surface area contributed by atoms with Crippen LogP contribution in [0.15, 0.2) is 77.2 Å². The molecule has 31 heavy (non-hydrogen) atoms. The molecule has 0 aliphatic carbocycles. The van der Waals surface area contributed by atoms with E-state index in [0.717, 1.165) is 29.5 Å². The number of rotatable bonds is 5. The Bertz CT molecular complexity index is 1220. The van der Waals surface area contributed by atoms with Crippen molar-refractivity contribution in [2.45, 2.75) is 25.8 Å². The molecule has 0 spiro atoms. The van der Waals surface area contributed by atoms with Crippen LogP contribution in [0.25, 0.3) is 22.2 Å². The van der Waals surface area contributed by atoms with Gasteiger partial charge in [-0.1, -0.05) is 48.5 Å². The summed E-state index contributed by atoms with van der Waals surface area (Å²) in [5.74, 6) is 1.24. The van der Waals surface area contributed by atoms with Crippen LogP contribution in [0.1, 0.15) is 30.3 Å². The van der Waals surface area contributed by atoms with Gasteiger partial charge in [0.25, 0.3) is 5.91 Å². The zero-order valence-corrected chi connectivity index (χ0v) is 17.5. The molecule has 0 N–H and O–H groups in total. The minimum Gasteiger partial charge on any atom is -0.484 e. The molecular weight excluding hydrogens is 388 g/mol. The number of aryl methyl sites for hydroxylation is 1. The molecule has 1 aliphatic rings. The Hall–Kier alpha value is -3.60. The molecule has 1 saturated heterocycles. The Morgan fingerprint density at radius 1 is 1.10 bits per heavy atom. The monoisotopic (exact) mass is 412 g/mol. The third kappa shape index (κ3) is 3.91. The van der Waals surface area contributed by atoms with E-state index in [4.69, 9.17) is 14.1 Å². The lowest BCUT2D eigenvalue weighted by Gasteiger charge is -2.22. The minimum atomic E-state index is -0.152. The molecule has 2 heterocycles. The summed E-state index contributed by atoms with van der Waals surface area (Å²) in [5.41, 5.74) is 5.07. The summed E-state index contributed by atoms with van der Waals surface area (Å²) in [5, 5.41) is 0. The van der Waals surface area contributed by atoms with Crippen molar-refractivity contribution >= 4 is 17.0 Å². The number of likely N-dealkylation sites (tertiary alicyclic amines) is 1. The van der Waals surface area contributed by atoms with Crippen molar-refractivity contribution in [2.75, 3.05) is 13.2 Å². The maximum Gasteiger partial charge on any atom is 0.261 e. The van der Waals surface area contributed by atoms with Gasteiger partial charge in [-0.2, -0.15) is 0 Å². The average Bonchev–Trinajstić information content (AvgIpc) is 3.45. The van der Waals surface area contributed by atoms with Crippen molar-refractivity contribution in [3.63, 3.8) is 0 Å². The number of carbonyl (C=O) groups excluding carboxylic acids is 1. The van der Waals surface area contributed by atoms with Gasteiger partial charge in [-0.3, -0.25) is 4.79 Å². The molecule has 1 aromatic heterocycles. The normalized spacial score (nSPS) is 16.0. The lowest BCUT2D eigenvalue weighted by molar-refractivity contribution is -0.134. The zero-order valence-electron chi connectivity index (χ0n) is 17.5. The minimum absolute atomic E-state index is 0.0121. The first-order valence-corrected chi connectivity index (χ1v) is 10.6. The van der Waals surface area contributed by atoms with Gasteiger partial charge in [0.15, 0.2) is 12.2 Å². The number of carbonyl (C=O) groups is 1. The summed E-state index contributed by atoms with van der Waals surface area (Å²) in [6.45, 7) is 2.81. The lowest BCUT2D eigenvalue weighted by atomic mass is 10.0. The summed E-state index contributed by atoms with van der Waals surface area (Å²) in [4.78, 5) is 19.4. The van der Waals surface area contributed by atoms with Crippen LogP contribution in [0, 0.1) is 6.92 Å². The highest BCUT2D eigenvalue weighted by Crippen LogP contribution is 2.34. The van der Waals surface area contributed by atoms with Gasteiger partial charge in [0, 0.05) is 6.54 Å². The summed E-state index contributed by atoms with van der Waals surface area (Å²) >= 11 is 0. The molecule has 156 valence electrons. The fourth-order valence-electron chi connectivity index (χ4n) is 4.22. The largest absolute Gasteiger partial charge is 0.484 e. The van der Waals surface area contributed by atoms with Gasteiger partial charge in [-0.05, 0) is 60.7 Å². The number of fused-ring (bicyclic) bond motifs is 1. The summed E-state index contributed by atoms with van der Waals surface area (Å²) in [6.07, 6.45) is 1.77. The molecule has 1 unspecified atom stereocenters. The number of nitrogens with zero attached hydrogens (tertiary/aromatic N) is 2. The fourth-order valence-corrected chi connectivity index (χ4v) is 4.22. The first-order valence-electron chi connectivity index (χ1n) is 10.6. The molecule has 0 saturated carbocycles. The Labute approximate surface area is 181 Å². The van der Waals surface area contributed by atoms with Crippen molar-refractivity contribution in [1.29, 1.82) is 0 Å². The van der Waals surface area contributed by atoms with E-state index >= 15 is 0 Å². The van der Waals surface area contributed by atoms with E-state index in [1.54, 1.807) is 0 Å². The average molecular weight is 412 g/mol. The van der Waals surface area contributed by atoms with Gasteiger partial charge in [-0.15, -0.1) is 0 Å². The first-order chi connectivity index (χ1) is 15.2. The Balaban J connectivity index is 1.36. The number of amides is 1. The second-order valence-electron chi connectivity index (χ2n) is 7.90. The molecule has 4 aromatic rings. The Morgan fingerprint density at radius 3 is 2.74 bits per heavy atom. The van der Waals surface area contributed by atoms with E-state index in [1.165, 1.54) is 11.1 Å². The van der Waals surface area contributed by atoms with Crippen molar-refractivity contribution < 1.29 is 13.9 Å². The SMILES string of the molecule is Cc1ccccc1-c1ccc2oc(C3CCCN3C(=O)COc3ccccc3)nc2c1. The number of ether oxygens (including phenoxy) is 1. The highest BCUT2D eigenvalue weighted by atomic mass is 16.5. The first kappa shape index (κ1) is 19.4. The maximum absolute atomic E-state index is 12.8. The molecule has 5 rings (SSSR count). The van der Waals surface area contributed by atoms with Gasteiger partial charge >= 0.3 is 0 Å². The second kappa shape index (κ2) is 8.26. The van der Waals surface area contributed by atoms with Crippen LogP contribution in [0.5, 0.6) is 5.75 Å². The fraction of sp³-hybridized carbons (Fsp3) is 0.231. The van der Waals surface area contributed by atoms with E-state index in [0.29, 0.717) is 18.2 Å². The second-order valence-corrected chi connectivity index (χ2v) is 7.90. The molecule has 0 bridgehead atoms. The van der Waals surface area contributed by atoms with E-state index < -0.39 is 0 Å².